The molecule has 3 aromatic carbocycles. The number of hydrogen-bond acceptors (Lipinski definition) is 2. The molecule has 3 nitrogen and oxygen atoms in total. The van der Waals surface area contributed by atoms with E-state index in [1.807, 2.05) is 24.3 Å². The van der Waals surface area contributed by atoms with Crippen molar-refractivity contribution in [3.05, 3.63) is 72.5 Å². The Morgan fingerprint density at radius 1 is 0.864 bits per heavy atom. The maximum atomic E-state index is 13.8. The molecule has 0 spiro atoms. The molecular formula is C17H14FNO2S. The monoisotopic (exact) mass is 315 g/mol. The van der Waals surface area contributed by atoms with E-state index >= 15 is 0 Å². The molecule has 0 unspecified atom stereocenters. The van der Waals surface area contributed by atoms with Gasteiger partial charge in [-0.15, -0.1) is 0 Å². The van der Waals surface area contributed by atoms with Crippen molar-refractivity contribution in [1.82, 2.24) is 0 Å². The van der Waals surface area contributed by atoms with Gasteiger partial charge < -0.3 is 0 Å². The number of sulfonamides is 1. The second-order valence-electron chi connectivity index (χ2n) is 4.93. The van der Waals surface area contributed by atoms with Crippen LogP contribution < -0.4 is 4.31 Å². The molecular weight excluding hydrogens is 301 g/mol. The second-order valence-corrected chi connectivity index (χ2v) is 6.90. The van der Waals surface area contributed by atoms with Crippen LogP contribution in [-0.4, -0.2) is 15.5 Å². The molecule has 22 heavy (non-hydrogen) atoms. The van der Waals surface area contributed by atoms with Gasteiger partial charge in [0.25, 0.3) is 10.0 Å². The minimum Gasteiger partial charge on any atom is -0.266 e. The lowest BCUT2D eigenvalue weighted by Crippen LogP contribution is -2.27. The smallest absolute Gasteiger partial charge is 0.264 e. The van der Waals surface area contributed by atoms with E-state index in [1.54, 1.807) is 18.2 Å². The van der Waals surface area contributed by atoms with Gasteiger partial charge in [-0.1, -0.05) is 42.5 Å². The van der Waals surface area contributed by atoms with E-state index < -0.39 is 15.8 Å². The van der Waals surface area contributed by atoms with Gasteiger partial charge in [-0.05, 0) is 35.0 Å². The third kappa shape index (κ3) is 2.44. The summed E-state index contributed by atoms with van der Waals surface area (Å²) >= 11 is 0. The summed E-state index contributed by atoms with van der Waals surface area (Å²) < 4.78 is 40.2. The van der Waals surface area contributed by atoms with Gasteiger partial charge >= 0.3 is 0 Å². The van der Waals surface area contributed by atoms with Crippen molar-refractivity contribution in [1.29, 1.82) is 0 Å². The Kier molecular flexibility index (Phi) is 3.58. The van der Waals surface area contributed by atoms with Crippen molar-refractivity contribution in [2.45, 2.75) is 4.90 Å². The zero-order valence-corrected chi connectivity index (χ0v) is 12.7. The fourth-order valence-electron chi connectivity index (χ4n) is 2.32. The molecule has 0 radical (unpaired) electrons. The lowest BCUT2D eigenvalue weighted by atomic mass is 10.1. The lowest BCUT2D eigenvalue weighted by Gasteiger charge is -2.20. The first-order chi connectivity index (χ1) is 10.5. The molecule has 3 aromatic rings. The molecule has 0 aliphatic carbocycles. The molecule has 0 bridgehead atoms. The quantitative estimate of drug-likeness (QED) is 0.737. The summed E-state index contributed by atoms with van der Waals surface area (Å²) in [6.45, 7) is 0. The minimum atomic E-state index is -3.81. The van der Waals surface area contributed by atoms with Crippen LogP contribution >= 0.6 is 0 Å². The van der Waals surface area contributed by atoms with E-state index in [9.17, 15) is 12.8 Å². The highest BCUT2D eigenvalue weighted by Crippen LogP contribution is 2.26. The Balaban J connectivity index is 2.09. The van der Waals surface area contributed by atoms with Gasteiger partial charge in [0.1, 0.15) is 5.82 Å². The average Bonchev–Trinajstić information content (AvgIpc) is 2.54. The van der Waals surface area contributed by atoms with Crippen molar-refractivity contribution in [2.24, 2.45) is 0 Å². The maximum absolute atomic E-state index is 13.8. The number of rotatable bonds is 3. The molecule has 112 valence electrons. The number of hydrogen-bond donors (Lipinski definition) is 0. The Morgan fingerprint density at radius 2 is 1.50 bits per heavy atom. The molecule has 0 fully saturated rings. The van der Waals surface area contributed by atoms with E-state index in [2.05, 4.69) is 0 Å². The first kappa shape index (κ1) is 14.5. The summed E-state index contributed by atoms with van der Waals surface area (Å²) in [5, 5.41) is 1.78. The number of anilines is 1. The molecule has 0 aromatic heterocycles. The number of para-hydroxylation sites is 1. The summed E-state index contributed by atoms with van der Waals surface area (Å²) in [4.78, 5) is 0.136. The third-order valence-electron chi connectivity index (χ3n) is 3.57. The van der Waals surface area contributed by atoms with Crippen molar-refractivity contribution in [3.63, 3.8) is 0 Å². The normalized spacial score (nSPS) is 11.5. The zero-order valence-electron chi connectivity index (χ0n) is 11.9. The second kappa shape index (κ2) is 5.42. The van der Waals surface area contributed by atoms with Crippen LogP contribution in [0.5, 0.6) is 0 Å². The standard InChI is InChI=1S/C17H14FNO2S/c1-19(17-9-5-4-8-16(17)18)22(20,21)15-11-10-13-6-2-3-7-14(13)12-15/h2-12H,1H3. The van der Waals surface area contributed by atoms with Crippen LogP contribution in [0.2, 0.25) is 0 Å². The number of nitrogens with zero attached hydrogens (tertiary/aromatic N) is 1. The minimum absolute atomic E-state index is 0.0238. The molecule has 0 saturated heterocycles. The van der Waals surface area contributed by atoms with E-state index in [4.69, 9.17) is 0 Å². The van der Waals surface area contributed by atoms with Crippen LogP contribution in [0.1, 0.15) is 0 Å². The van der Waals surface area contributed by atoms with Gasteiger partial charge in [0.15, 0.2) is 0 Å². The molecule has 0 aliphatic heterocycles. The predicted octanol–water partition coefficient (Wildman–Crippen LogP) is 3.80. The van der Waals surface area contributed by atoms with Crippen LogP contribution in [-0.2, 0) is 10.0 Å². The Hall–Kier alpha value is -2.40. The highest BCUT2D eigenvalue weighted by atomic mass is 32.2. The van der Waals surface area contributed by atoms with Gasteiger partial charge in [0, 0.05) is 7.05 Å². The number of halogens is 1. The topological polar surface area (TPSA) is 37.4 Å². The molecule has 0 atom stereocenters. The van der Waals surface area contributed by atoms with E-state index in [1.165, 1.54) is 31.3 Å². The first-order valence-electron chi connectivity index (χ1n) is 6.72. The van der Waals surface area contributed by atoms with Crippen LogP contribution in [0, 0.1) is 5.82 Å². The average molecular weight is 315 g/mol. The summed E-state index contributed by atoms with van der Waals surface area (Å²) in [7, 11) is -2.46. The summed E-state index contributed by atoms with van der Waals surface area (Å²) in [6.07, 6.45) is 0. The molecule has 0 saturated carbocycles. The van der Waals surface area contributed by atoms with Crippen molar-refractivity contribution >= 4 is 26.5 Å². The molecule has 3 rings (SSSR count). The van der Waals surface area contributed by atoms with Crippen molar-refractivity contribution in [2.75, 3.05) is 11.4 Å². The maximum Gasteiger partial charge on any atom is 0.264 e. The van der Waals surface area contributed by atoms with Gasteiger partial charge in [-0.2, -0.15) is 0 Å². The Labute approximate surface area is 128 Å². The van der Waals surface area contributed by atoms with Gasteiger partial charge in [-0.25, -0.2) is 12.8 Å². The lowest BCUT2D eigenvalue weighted by molar-refractivity contribution is 0.590. The number of fused-ring (bicyclic) bond motifs is 1. The van der Waals surface area contributed by atoms with E-state index in [-0.39, 0.29) is 10.6 Å². The molecule has 0 amide bonds. The van der Waals surface area contributed by atoms with Crippen LogP contribution in [0.25, 0.3) is 10.8 Å². The highest BCUT2D eigenvalue weighted by molar-refractivity contribution is 7.92. The summed E-state index contributed by atoms with van der Waals surface area (Å²) in [5.41, 5.74) is 0.0238. The first-order valence-corrected chi connectivity index (χ1v) is 8.16. The zero-order chi connectivity index (χ0) is 15.7. The van der Waals surface area contributed by atoms with Gasteiger partial charge in [-0.3, -0.25) is 4.31 Å². The van der Waals surface area contributed by atoms with E-state index in [0.29, 0.717) is 0 Å². The predicted molar refractivity (Wildman–Crippen MR) is 85.9 cm³/mol. The Bertz CT molecular complexity index is 938. The molecule has 5 heteroatoms. The van der Waals surface area contributed by atoms with Crippen LogP contribution in [0.3, 0.4) is 0 Å². The fraction of sp³-hybridized carbons (Fsp3) is 0.0588. The SMILES string of the molecule is CN(c1ccccc1F)S(=O)(=O)c1ccc2ccccc2c1. The fourth-order valence-corrected chi connectivity index (χ4v) is 3.56. The van der Waals surface area contributed by atoms with Crippen molar-refractivity contribution in [3.8, 4) is 0 Å². The van der Waals surface area contributed by atoms with E-state index in [0.717, 1.165) is 15.1 Å². The summed E-state index contributed by atoms with van der Waals surface area (Å²) in [5.74, 6) is -0.575. The van der Waals surface area contributed by atoms with Gasteiger partial charge in [0.2, 0.25) is 0 Å². The highest BCUT2D eigenvalue weighted by Gasteiger charge is 2.23. The van der Waals surface area contributed by atoms with Crippen molar-refractivity contribution < 1.29 is 12.8 Å². The Morgan fingerprint density at radius 3 is 2.23 bits per heavy atom. The summed E-state index contributed by atoms with van der Waals surface area (Å²) in [6, 6.07) is 18.2. The largest absolute Gasteiger partial charge is 0.266 e. The molecule has 0 aliphatic rings. The van der Waals surface area contributed by atoms with Crippen LogP contribution in [0.15, 0.2) is 71.6 Å². The molecule has 0 N–H and O–H groups in total. The molecule has 0 heterocycles. The third-order valence-corrected chi connectivity index (χ3v) is 5.34. The number of benzene rings is 3. The van der Waals surface area contributed by atoms with Crippen LogP contribution in [0.4, 0.5) is 10.1 Å². The van der Waals surface area contributed by atoms with Gasteiger partial charge in [0.05, 0.1) is 10.6 Å².